The Morgan fingerprint density at radius 1 is 0.644 bits per heavy atom. The molecule has 4 heteroatoms. The van der Waals surface area contributed by atoms with Gasteiger partial charge in [-0.1, -0.05) is 115 Å². The average Bonchev–Trinajstić information content (AvgIpc) is 3.69. The molecule has 214 valence electrons. The van der Waals surface area contributed by atoms with Crippen LogP contribution in [0.1, 0.15) is 0 Å². The average molecular weight is 580 g/mol. The van der Waals surface area contributed by atoms with Gasteiger partial charge in [-0.25, -0.2) is 4.99 Å². The Morgan fingerprint density at radius 2 is 1.33 bits per heavy atom. The number of amidine groups is 1. The number of rotatable bonds is 4. The first-order valence-corrected chi connectivity index (χ1v) is 15.4. The van der Waals surface area contributed by atoms with Crippen molar-refractivity contribution < 1.29 is 4.74 Å². The Balaban J connectivity index is 1.19. The fourth-order valence-electron chi connectivity index (χ4n) is 6.91. The summed E-state index contributed by atoms with van der Waals surface area (Å²) >= 11 is 0. The Bertz CT molecular complexity index is 2200. The van der Waals surface area contributed by atoms with E-state index in [-0.39, 0.29) is 12.0 Å². The molecule has 0 N–H and O–H groups in total. The lowest BCUT2D eigenvalue weighted by Gasteiger charge is -2.26. The minimum atomic E-state index is -0.0931. The van der Waals surface area contributed by atoms with E-state index in [1.807, 2.05) is 0 Å². The van der Waals surface area contributed by atoms with Crippen LogP contribution in [0.2, 0.25) is 0 Å². The SMILES string of the molecule is C1=CC2=CC=C3OC(N(c4ccc(-n5c6ccccc6c6ccccc65)cc4)c4ccccc4-c4ccccc4)=NC3C2C=C1. The van der Waals surface area contributed by atoms with Crippen LogP contribution < -0.4 is 4.90 Å². The third-order valence-electron chi connectivity index (χ3n) is 9.00. The maximum absolute atomic E-state index is 6.62. The molecule has 3 aliphatic rings. The third kappa shape index (κ3) is 4.18. The van der Waals surface area contributed by atoms with Crippen molar-refractivity contribution in [2.75, 3.05) is 4.90 Å². The van der Waals surface area contributed by atoms with E-state index in [1.165, 1.54) is 27.4 Å². The lowest BCUT2D eigenvalue weighted by atomic mass is 9.84. The number of hydrogen-bond donors (Lipinski definition) is 0. The molecular weight excluding hydrogens is 550 g/mol. The minimum Gasteiger partial charge on any atom is -0.428 e. The van der Waals surface area contributed by atoms with Gasteiger partial charge in [-0.05, 0) is 59.7 Å². The minimum absolute atomic E-state index is 0.0931. The summed E-state index contributed by atoms with van der Waals surface area (Å²) in [6.45, 7) is 0. The van der Waals surface area contributed by atoms with Gasteiger partial charge in [0.1, 0.15) is 11.8 Å². The highest BCUT2D eigenvalue weighted by Crippen LogP contribution is 2.42. The smallest absolute Gasteiger partial charge is 0.302 e. The zero-order valence-electron chi connectivity index (χ0n) is 24.5. The topological polar surface area (TPSA) is 29.8 Å². The van der Waals surface area contributed by atoms with Gasteiger partial charge in [-0.2, -0.15) is 0 Å². The summed E-state index contributed by atoms with van der Waals surface area (Å²) in [5, 5.41) is 2.50. The number of anilines is 2. The van der Waals surface area contributed by atoms with Crippen LogP contribution in [-0.2, 0) is 4.74 Å². The van der Waals surface area contributed by atoms with E-state index >= 15 is 0 Å². The molecule has 0 spiro atoms. The zero-order chi connectivity index (χ0) is 29.7. The summed E-state index contributed by atoms with van der Waals surface area (Å²) in [6.07, 6.45) is 12.8. The Hall–Kier alpha value is -5.87. The lowest BCUT2D eigenvalue weighted by molar-refractivity contribution is 0.392. The molecule has 6 aromatic rings. The van der Waals surface area contributed by atoms with Gasteiger partial charge in [0.05, 0.1) is 22.4 Å². The van der Waals surface area contributed by atoms with Crippen molar-refractivity contribution in [3.8, 4) is 16.8 Å². The summed E-state index contributed by atoms with van der Waals surface area (Å²) in [5.41, 5.74) is 8.98. The Labute approximate surface area is 261 Å². The van der Waals surface area contributed by atoms with Crippen molar-refractivity contribution in [1.82, 2.24) is 4.57 Å². The molecule has 4 nitrogen and oxygen atoms in total. The molecule has 9 rings (SSSR count). The predicted molar refractivity (Wildman–Crippen MR) is 185 cm³/mol. The molecule has 1 aromatic heterocycles. The van der Waals surface area contributed by atoms with Gasteiger partial charge in [0.25, 0.3) is 0 Å². The molecule has 1 aliphatic heterocycles. The highest BCUT2D eigenvalue weighted by Gasteiger charge is 2.38. The zero-order valence-corrected chi connectivity index (χ0v) is 24.5. The van der Waals surface area contributed by atoms with E-state index in [2.05, 4.69) is 173 Å². The molecule has 0 bridgehead atoms. The highest BCUT2D eigenvalue weighted by molar-refractivity contribution is 6.09. The molecule has 0 fully saturated rings. The molecule has 2 atom stereocenters. The number of aromatic nitrogens is 1. The van der Waals surface area contributed by atoms with Gasteiger partial charge in [0, 0.05) is 27.9 Å². The van der Waals surface area contributed by atoms with Crippen molar-refractivity contribution in [3.63, 3.8) is 0 Å². The van der Waals surface area contributed by atoms with Crippen LogP contribution in [-0.4, -0.2) is 16.6 Å². The van der Waals surface area contributed by atoms with Gasteiger partial charge in [0.15, 0.2) is 0 Å². The van der Waals surface area contributed by atoms with Gasteiger partial charge in [0.2, 0.25) is 0 Å². The van der Waals surface area contributed by atoms with E-state index < -0.39 is 0 Å². The first kappa shape index (κ1) is 25.6. The van der Waals surface area contributed by atoms with Crippen LogP contribution in [0.3, 0.4) is 0 Å². The Morgan fingerprint density at radius 3 is 2.11 bits per heavy atom. The van der Waals surface area contributed by atoms with Crippen molar-refractivity contribution in [1.29, 1.82) is 0 Å². The maximum Gasteiger partial charge on any atom is 0.302 e. The number of nitrogens with zero attached hydrogens (tertiary/aromatic N) is 3. The molecule has 5 aromatic carbocycles. The van der Waals surface area contributed by atoms with Crippen molar-refractivity contribution in [2.45, 2.75) is 6.04 Å². The van der Waals surface area contributed by atoms with Gasteiger partial charge >= 0.3 is 6.02 Å². The first-order valence-electron chi connectivity index (χ1n) is 15.4. The molecular formula is C41H29N3O. The maximum atomic E-state index is 6.62. The largest absolute Gasteiger partial charge is 0.428 e. The third-order valence-corrected chi connectivity index (χ3v) is 9.00. The van der Waals surface area contributed by atoms with E-state index in [9.17, 15) is 0 Å². The molecule has 2 heterocycles. The number of fused-ring (bicyclic) bond motifs is 6. The van der Waals surface area contributed by atoms with Crippen LogP contribution in [0.5, 0.6) is 0 Å². The second kappa shape index (κ2) is 10.4. The summed E-state index contributed by atoms with van der Waals surface area (Å²) in [7, 11) is 0. The summed E-state index contributed by atoms with van der Waals surface area (Å²) in [4.78, 5) is 7.42. The number of ether oxygens (including phenoxy) is 1. The summed E-state index contributed by atoms with van der Waals surface area (Å²) < 4.78 is 8.97. The molecule has 2 aliphatic carbocycles. The highest BCUT2D eigenvalue weighted by atomic mass is 16.5. The fourth-order valence-corrected chi connectivity index (χ4v) is 6.91. The van der Waals surface area contributed by atoms with E-state index in [0.29, 0.717) is 6.02 Å². The van der Waals surface area contributed by atoms with Gasteiger partial charge in [-0.3, -0.25) is 4.90 Å². The van der Waals surface area contributed by atoms with E-state index in [4.69, 9.17) is 9.73 Å². The molecule has 0 amide bonds. The van der Waals surface area contributed by atoms with Crippen molar-refractivity contribution in [3.05, 3.63) is 175 Å². The number of benzene rings is 5. The lowest BCUT2D eigenvalue weighted by Crippen LogP contribution is -2.26. The predicted octanol–water partition coefficient (Wildman–Crippen LogP) is 9.91. The van der Waals surface area contributed by atoms with E-state index in [0.717, 1.165) is 33.9 Å². The number of para-hydroxylation sites is 3. The molecule has 0 radical (unpaired) electrons. The van der Waals surface area contributed by atoms with Crippen LogP contribution in [0.15, 0.2) is 180 Å². The quantitative estimate of drug-likeness (QED) is 0.208. The monoisotopic (exact) mass is 579 g/mol. The second-order valence-corrected chi connectivity index (χ2v) is 11.6. The van der Waals surface area contributed by atoms with Crippen molar-refractivity contribution >= 4 is 39.2 Å². The second-order valence-electron chi connectivity index (χ2n) is 11.6. The molecule has 0 saturated heterocycles. The van der Waals surface area contributed by atoms with Crippen LogP contribution in [0, 0.1) is 5.92 Å². The number of allylic oxidation sites excluding steroid dienone is 5. The van der Waals surface area contributed by atoms with Crippen LogP contribution in [0.25, 0.3) is 38.6 Å². The van der Waals surface area contributed by atoms with Gasteiger partial charge in [-0.15, -0.1) is 0 Å². The summed E-state index contributed by atoms with van der Waals surface area (Å²) in [5.74, 6) is 1.04. The van der Waals surface area contributed by atoms with Crippen LogP contribution in [0.4, 0.5) is 11.4 Å². The molecule has 45 heavy (non-hydrogen) atoms. The summed E-state index contributed by atoms with van der Waals surface area (Å²) in [6, 6.07) is 45.4. The standard InChI is InChI=1S/C41H29N3O/c1-2-12-28(13-3-1)32-15-6-9-19-36(32)44(41-42-40-33-16-5-4-14-29(33)22-27-39(40)45-41)31-25-23-30(24-26-31)43-37-20-10-7-17-34(37)35-18-8-11-21-38(35)43/h1-27,33,40H. The van der Waals surface area contributed by atoms with Crippen molar-refractivity contribution in [2.24, 2.45) is 10.9 Å². The fraction of sp³-hybridized carbons (Fsp3) is 0.0488. The first-order chi connectivity index (χ1) is 22.3. The molecule has 0 saturated carbocycles. The van der Waals surface area contributed by atoms with Crippen LogP contribution >= 0.6 is 0 Å². The molecule has 2 unspecified atom stereocenters. The Kier molecular flexibility index (Phi) is 5.91. The number of hydrogen-bond acceptors (Lipinski definition) is 3. The van der Waals surface area contributed by atoms with Gasteiger partial charge < -0.3 is 9.30 Å². The normalized spacial score (nSPS) is 18.2. The van der Waals surface area contributed by atoms with E-state index in [1.54, 1.807) is 0 Å². The number of aliphatic imine (C=N–C) groups is 1.